The molecule has 0 atom stereocenters. The second-order valence-electron chi connectivity index (χ2n) is 8.07. The summed E-state index contributed by atoms with van der Waals surface area (Å²) in [6, 6.07) is 9.74. The van der Waals surface area contributed by atoms with Gasteiger partial charge in [0.2, 0.25) is 0 Å². The van der Waals surface area contributed by atoms with E-state index in [1.54, 1.807) is 18.5 Å². The van der Waals surface area contributed by atoms with Gasteiger partial charge in [-0.2, -0.15) is 10.4 Å². The zero-order chi connectivity index (χ0) is 26.1. The highest BCUT2D eigenvalue weighted by atomic mass is 16.4. The van der Waals surface area contributed by atoms with Gasteiger partial charge in [0.25, 0.3) is 0 Å². The van der Waals surface area contributed by atoms with Crippen LogP contribution in [0, 0.1) is 18.3 Å². The van der Waals surface area contributed by atoms with Gasteiger partial charge in [0, 0.05) is 81.1 Å². The summed E-state index contributed by atoms with van der Waals surface area (Å²) in [6.45, 7) is 6.74. The molecule has 186 valence electrons. The quantitative estimate of drug-likeness (QED) is 0.493. The molecule has 1 aliphatic rings. The maximum Gasteiger partial charge on any atom is 0.328 e. The number of hydrogen-bond donors (Lipinski definition) is 2. The van der Waals surface area contributed by atoms with E-state index in [2.05, 4.69) is 37.9 Å². The van der Waals surface area contributed by atoms with E-state index in [1.165, 1.54) is 11.3 Å². The molecule has 1 aliphatic heterocycles. The van der Waals surface area contributed by atoms with Crippen LogP contribution in [0.5, 0.6) is 0 Å². The lowest BCUT2D eigenvalue weighted by Crippen LogP contribution is -2.46. The lowest BCUT2D eigenvalue weighted by atomic mass is 10.1. The highest BCUT2D eigenvalue weighted by Crippen LogP contribution is 2.28. The number of rotatable bonds is 6. The molecule has 11 heteroatoms. The molecule has 2 N–H and O–H groups in total. The Labute approximate surface area is 208 Å². The van der Waals surface area contributed by atoms with Gasteiger partial charge in [0.15, 0.2) is 5.82 Å². The van der Waals surface area contributed by atoms with Gasteiger partial charge in [-0.1, -0.05) is 12.1 Å². The number of anilines is 1. The van der Waals surface area contributed by atoms with Gasteiger partial charge in [-0.3, -0.25) is 14.6 Å². The molecular weight excluding hydrogens is 462 g/mol. The third kappa shape index (κ3) is 6.97. The van der Waals surface area contributed by atoms with Crippen LogP contribution in [0.2, 0.25) is 0 Å². The van der Waals surface area contributed by atoms with Gasteiger partial charge in [0.1, 0.15) is 5.69 Å². The Morgan fingerprint density at radius 2 is 1.75 bits per heavy atom. The lowest BCUT2D eigenvalue weighted by molar-refractivity contribution is -0.134. The van der Waals surface area contributed by atoms with Crippen LogP contribution in [-0.2, 0) is 23.2 Å². The number of nitrogens with zero attached hydrogens (tertiary/aromatic N) is 7. The maximum absolute atomic E-state index is 9.55. The van der Waals surface area contributed by atoms with Crippen molar-refractivity contribution in [2.75, 3.05) is 31.1 Å². The topological polar surface area (TPSA) is 148 Å². The fourth-order valence-electron chi connectivity index (χ4n) is 3.70. The SMILES string of the molecule is Cc1c(CN2CCN(c3nccnc3-c3cccc(C#N)c3)CC2)cnn1C.O=C(O)/C=C/C(=O)O. The number of aryl methyl sites for hydroxylation is 1. The molecule has 0 aliphatic carbocycles. The summed E-state index contributed by atoms with van der Waals surface area (Å²) in [6.07, 6.45) is 6.52. The molecule has 1 fully saturated rings. The molecule has 0 amide bonds. The summed E-state index contributed by atoms with van der Waals surface area (Å²) < 4.78 is 1.92. The van der Waals surface area contributed by atoms with Crippen molar-refractivity contribution in [3.63, 3.8) is 0 Å². The highest BCUT2D eigenvalue weighted by Gasteiger charge is 2.22. The molecule has 0 unspecified atom stereocenters. The van der Waals surface area contributed by atoms with Crippen molar-refractivity contribution in [2.24, 2.45) is 7.05 Å². The zero-order valence-corrected chi connectivity index (χ0v) is 20.1. The number of piperazine rings is 1. The van der Waals surface area contributed by atoms with Gasteiger partial charge in [-0.05, 0) is 19.1 Å². The lowest BCUT2D eigenvalue weighted by Gasteiger charge is -2.35. The number of benzene rings is 1. The van der Waals surface area contributed by atoms with Crippen LogP contribution in [0.15, 0.2) is 55.0 Å². The highest BCUT2D eigenvalue weighted by molar-refractivity contribution is 5.89. The zero-order valence-electron chi connectivity index (χ0n) is 20.1. The predicted octanol–water partition coefficient (Wildman–Crippen LogP) is 2.09. The predicted molar refractivity (Wildman–Crippen MR) is 132 cm³/mol. The number of carboxylic acids is 2. The summed E-state index contributed by atoms with van der Waals surface area (Å²) in [5.74, 6) is -1.63. The molecule has 3 heterocycles. The Morgan fingerprint density at radius 3 is 2.33 bits per heavy atom. The molecule has 36 heavy (non-hydrogen) atoms. The van der Waals surface area contributed by atoms with Crippen molar-refractivity contribution in [3.05, 3.63) is 71.8 Å². The first-order chi connectivity index (χ1) is 17.3. The number of carboxylic acid groups (broad SMARTS) is 2. The summed E-state index contributed by atoms with van der Waals surface area (Å²) >= 11 is 0. The average molecular weight is 490 g/mol. The van der Waals surface area contributed by atoms with E-state index in [0.717, 1.165) is 49.8 Å². The van der Waals surface area contributed by atoms with Crippen molar-refractivity contribution in [3.8, 4) is 17.3 Å². The largest absolute Gasteiger partial charge is 0.478 e. The first-order valence-corrected chi connectivity index (χ1v) is 11.2. The number of aromatic nitrogens is 4. The van der Waals surface area contributed by atoms with E-state index in [1.807, 2.05) is 36.1 Å². The van der Waals surface area contributed by atoms with Crippen LogP contribution in [0.25, 0.3) is 11.3 Å². The molecule has 1 aromatic carbocycles. The molecule has 2 aromatic heterocycles. The van der Waals surface area contributed by atoms with E-state index in [0.29, 0.717) is 17.7 Å². The number of aliphatic carboxylic acids is 2. The van der Waals surface area contributed by atoms with E-state index in [-0.39, 0.29) is 0 Å². The first-order valence-electron chi connectivity index (χ1n) is 11.2. The summed E-state index contributed by atoms with van der Waals surface area (Å²) in [4.78, 5) is 33.0. The second-order valence-corrected chi connectivity index (χ2v) is 8.07. The molecular formula is C25H27N7O4. The minimum absolute atomic E-state index is 0.558. The van der Waals surface area contributed by atoms with Crippen molar-refractivity contribution >= 4 is 17.8 Å². The smallest absolute Gasteiger partial charge is 0.328 e. The Kier molecular flexibility index (Phi) is 8.85. The number of nitriles is 1. The van der Waals surface area contributed by atoms with Crippen LogP contribution in [0.1, 0.15) is 16.8 Å². The third-order valence-electron chi connectivity index (χ3n) is 5.72. The normalized spacial score (nSPS) is 13.6. The first kappa shape index (κ1) is 26.1. The minimum Gasteiger partial charge on any atom is -0.478 e. The fraction of sp³-hybridized carbons (Fsp3) is 0.280. The van der Waals surface area contributed by atoms with Gasteiger partial charge >= 0.3 is 11.9 Å². The molecule has 0 saturated carbocycles. The Hall–Kier alpha value is -4.56. The molecule has 1 saturated heterocycles. The van der Waals surface area contributed by atoms with E-state index in [4.69, 9.17) is 10.2 Å². The Morgan fingerprint density at radius 1 is 1.08 bits per heavy atom. The van der Waals surface area contributed by atoms with Crippen molar-refractivity contribution in [2.45, 2.75) is 13.5 Å². The van der Waals surface area contributed by atoms with E-state index < -0.39 is 11.9 Å². The van der Waals surface area contributed by atoms with Gasteiger partial charge in [-0.15, -0.1) is 0 Å². The summed E-state index contributed by atoms with van der Waals surface area (Å²) in [5.41, 5.74) is 4.89. The third-order valence-corrected chi connectivity index (χ3v) is 5.72. The van der Waals surface area contributed by atoms with Gasteiger partial charge in [-0.25, -0.2) is 14.6 Å². The van der Waals surface area contributed by atoms with Crippen LogP contribution >= 0.6 is 0 Å². The average Bonchev–Trinajstić information content (AvgIpc) is 3.20. The molecule has 3 aromatic rings. The van der Waals surface area contributed by atoms with Crippen molar-refractivity contribution in [1.29, 1.82) is 5.26 Å². The number of hydrogen-bond acceptors (Lipinski definition) is 8. The molecule has 4 rings (SSSR count). The molecule has 0 bridgehead atoms. The van der Waals surface area contributed by atoms with Crippen LogP contribution in [0.4, 0.5) is 5.82 Å². The van der Waals surface area contributed by atoms with E-state index in [9.17, 15) is 14.9 Å². The van der Waals surface area contributed by atoms with Crippen LogP contribution in [0.3, 0.4) is 0 Å². The Balaban J connectivity index is 0.000000392. The standard InChI is InChI=1S/C21H23N7.C4H4O4/c1-16-19(14-25-26(16)2)15-27-8-10-28(11-9-27)21-20(23-6-7-24-21)18-5-3-4-17(12-18)13-22;5-3(6)1-2-4(7)8/h3-7,12,14H,8-11,15H2,1-2H3;1-2H,(H,5,6)(H,7,8)/b;2-1+. The fourth-order valence-corrected chi connectivity index (χ4v) is 3.70. The summed E-state index contributed by atoms with van der Waals surface area (Å²) in [7, 11) is 1.98. The second kappa shape index (κ2) is 12.2. The van der Waals surface area contributed by atoms with Gasteiger partial charge < -0.3 is 15.1 Å². The van der Waals surface area contributed by atoms with Gasteiger partial charge in [0.05, 0.1) is 17.8 Å². The number of carbonyl (C=O) groups is 2. The van der Waals surface area contributed by atoms with E-state index >= 15 is 0 Å². The summed E-state index contributed by atoms with van der Waals surface area (Å²) in [5, 5.41) is 29.2. The molecule has 0 radical (unpaired) electrons. The Bertz CT molecular complexity index is 1270. The van der Waals surface area contributed by atoms with Crippen molar-refractivity contribution in [1.82, 2.24) is 24.6 Å². The van der Waals surface area contributed by atoms with Crippen molar-refractivity contribution < 1.29 is 19.8 Å². The molecule has 0 spiro atoms. The molecule has 11 nitrogen and oxygen atoms in total. The monoisotopic (exact) mass is 489 g/mol. The van der Waals surface area contributed by atoms with Crippen LogP contribution in [-0.4, -0.2) is 73.0 Å². The van der Waals surface area contributed by atoms with Crippen LogP contribution < -0.4 is 4.90 Å². The minimum atomic E-state index is -1.26. The maximum atomic E-state index is 9.55.